The molecule has 0 radical (unpaired) electrons. The number of methoxy groups -OCH3 is 1. The van der Waals surface area contributed by atoms with Crippen LogP contribution in [0.3, 0.4) is 0 Å². The van der Waals surface area contributed by atoms with Crippen LogP contribution in [-0.2, 0) is 11.3 Å². The van der Waals surface area contributed by atoms with Crippen molar-refractivity contribution in [3.63, 3.8) is 0 Å². The van der Waals surface area contributed by atoms with E-state index in [0.717, 1.165) is 23.0 Å². The van der Waals surface area contributed by atoms with Crippen molar-refractivity contribution in [1.82, 2.24) is 4.90 Å². The number of nitrogens with zero attached hydrogens (tertiary/aromatic N) is 1. The van der Waals surface area contributed by atoms with Crippen molar-refractivity contribution in [2.24, 2.45) is 0 Å². The van der Waals surface area contributed by atoms with Crippen LogP contribution in [-0.4, -0.2) is 48.4 Å². The first-order valence-electron chi connectivity index (χ1n) is 5.94. The van der Waals surface area contributed by atoms with E-state index in [2.05, 4.69) is 0 Å². The molecule has 0 bridgehead atoms. The number of hydrogen-bond donors (Lipinski definition) is 2. The Balaban J connectivity index is 2.98. The number of carboxylic acids is 1. The van der Waals surface area contributed by atoms with Crippen LogP contribution in [0.25, 0.3) is 6.08 Å². The Morgan fingerprint density at radius 2 is 2.21 bits per heavy atom. The molecule has 0 aromatic heterocycles. The molecule has 0 amide bonds. The van der Waals surface area contributed by atoms with Crippen molar-refractivity contribution >= 4 is 12.0 Å². The topological polar surface area (TPSA) is 70.0 Å². The summed E-state index contributed by atoms with van der Waals surface area (Å²) in [6.45, 7) is 1.25. The van der Waals surface area contributed by atoms with Crippen LogP contribution in [0.15, 0.2) is 24.3 Å². The highest BCUT2D eigenvalue weighted by Gasteiger charge is 2.06. The largest absolute Gasteiger partial charge is 0.497 e. The third-order valence-electron chi connectivity index (χ3n) is 2.68. The summed E-state index contributed by atoms with van der Waals surface area (Å²) in [7, 11) is 3.48. The molecule has 5 heteroatoms. The van der Waals surface area contributed by atoms with Gasteiger partial charge in [0.15, 0.2) is 0 Å². The van der Waals surface area contributed by atoms with Crippen LogP contribution in [0.2, 0.25) is 0 Å². The summed E-state index contributed by atoms with van der Waals surface area (Å²) >= 11 is 0. The van der Waals surface area contributed by atoms with Crippen LogP contribution >= 0.6 is 0 Å². The molecule has 2 N–H and O–H groups in total. The van der Waals surface area contributed by atoms with Gasteiger partial charge < -0.3 is 14.9 Å². The van der Waals surface area contributed by atoms with E-state index in [0.29, 0.717) is 13.1 Å². The number of carboxylic acid groups (broad SMARTS) is 1. The number of likely N-dealkylation sites (N-methyl/N-ethyl adjacent to an activating group) is 1. The molecular formula is C14H19NO4. The molecule has 0 aliphatic heterocycles. The fourth-order valence-corrected chi connectivity index (χ4v) is 1.71. The summed E-state index contributed by atoms with van der Waals surface area (Å²) in [6.07, 6.45) is 2.67. The number of aliphatic hydroxyl groups is 1. The number of rotatable bonds is 7. The van der Waals surface area contributed by atoms with Gasteiger partial charge in [0.05, 0.1) is 13.7 Å². The average molecular weight is 265 g/mol. The lowest BCUT2D eigenvalue weighted by molar-refractivity contribution is -0.131. The van der Waals surface area contributed by atoms with E-state index in [-0.39, 0.29) is 6.61 Å². The second-order valence-electron chi connectivity index (χ2n) is 4.20. The molecule has 0 spiro atoms. The highest BCUT2D eigenvalue weighted by molar-refractivity contribution is 5.85. The number of aliphatic hydroxyl groups excluding tert-OH is 1. The minimum absolute atomic E-state index is 0.0841. The van der Waals surface area contributed by atoms with E-state index in [1.165, 1.54) is 0 Å². The molecule has 1 aromatic rings. The number of ether oxygens (including phenoxy) is 1. The van der Waals surface area contributed by atoms with Gasteiger partial charge in [0.2, 0.25) is 0 Å². The second-order valence-corrected chi connectivity index (χ2v) is 4.20. The quantitative estimate of drug-likeness (QED) is 0.725. The Morgan fingerprint density at radius 3 is 2.79 bits per heavy atom. The molecule has 1 aromatic carbocycles. The summed E-state index contributed by atoms with van der Waals surface area (Å²) < 4.78 is 5.17. The van der Waals surface area contributed by atoms with Crippen molar-refractivity contribution in [2.45, 2.75) is 6.54 Å². The van der Waals surface area contributed by atoms with Gasteiger partial charge in [0.25, 0.3) is 0 Å². The van der Waals surface area contributed by atoms with Gasteiger partial charge >= 0.3 is 5.97 Å². The summed E-state index contributed by atoms with van der Waals surface area (Å²) in [4.78, 5) is 12.5. The highest BCUT2D eigenvalue weighted by atomic mass is 16.5. The molecule has 0 heterocycles. The Bertz CT molecular complexity index is 457. The van der Waals surface area contributed by atoms with E-state index in [1.807, 2.05) is 24.1 Å². The van der Waals surface area contributed by atoms with Crippen LogP contribution in [0.1, 0.15) is 11.1 Å². The molecule has 1 rings (SSSR count). The van der Waals surface area contributed by atoms with Crippen LogP contribution in [0.4, 0.5) is 0 Å². The summed E-state index contributed by atoms with van der Waals surface area (Å²) in [5.74, 6) is -0.259. The lowest BCUT2D eigenvalue weighted by Gasteiger charge is -2.17. The molecule has 0 aliphatic carbocycles. The SMILES string of the molecule is COc1ccc(C=CC(=O)O)c(CN(C)CCO)c1. The maximum absolute atomic E-state index is 10.6. The molecule has 0 aliphatic rings. The number of benzene rings is 1. The van der Waals surface area contributed by atoms with Gasteiger partial charge in [-0.1, -0.05) is 6.07 Å². The molecule has 0 fully saturated rings. The lowest BCUT2D eigenvalue weighted by Crippen LogP contribution is -2.21. The summed E-state index contributed by atoms with van der Waals surface area (Å²) in [5, 5.41) is 17.6. The van der Waals surface area contributed by atoms with E-state index in [1.54, 1.807) is 19.3 Å². The molecule has 0 unspecified atom stereocenters. The first kappa shape index (κ1) is 15.2. The second kappa shape index (κ2) is 7.56. The standard InChI is InChI=1S/C14H19NO4/c1-15(7-8-16)10-12-9-13(19-2)5-3-11(12)4-6-14(17)18/h3-6,9,16H,7-8,10H2,1-2H3,(H,17,18). The van der Waals surface area contributed by atoms with E-state index in [9.17, 15) is 4.79 Å². The Kier molecular flexibility index (Phi) is 6.05. The van der Waals surface area contributed by atoms with Gasteiger partial charge in [-0.25, -0.2) is 4.79 Å². The van der Waals surface area contributed by atoms with E-state index >= 15 is 0 Å². The van der Waals surface area contributed by atoms with Crippen molar-refractivity contribution in [3.8, 4) is 5.75 Å². The van der Waals surface area contributed by atoms with Gasteiger partial charge in [0, 0.05) is 19.2 Å². The molecule has 0 saturated carbocycles. The first-order valence-corrected chi connectivity index (χ1v) is 5.94. The normalized spacial score (nSPS) is 11.2. The Labute approximate surface area is 112 Å². The third kappa shape index (κ3) is 5.11. The minimum Gasteiger partial charge on any atom is -0.497 e. The fourth-order valence-electron chi connectivity index (χ4n) is 1.71. The lowest BCUT2D eigenvalue weighted by atomic mass is 10.1. The van der Waals surface area contributed by atoms with Crippen molar-refractivity contribution in [1.29, 1.82) is 0 Å². The number of aliphatic carboxylic acids is 1. The van der Waals surface area contributed by atoms with Crippen LogP contribution < -0.4 is 4.74 Å². The van der Waals surface area contributed by atoms with Crippen LogP contribution in [0.5, 0.6) is 5.75 Å². The smallest absolute Gasteiger partial charge is 0.328 e. The first-order chi connectivity index (χ1) is 9.06. The molecule has 0 atom stereocenters. The molecule has 5 nitrogen and oxygen atoms in total. The van der Waals surface area contributed by atoms with Crippen molar-refractivity contribution < 1.29 is 19.7 Å². The average Bonchev–Trinajstić information content (AvgIpc) is 2.37. The zero-order valence-electron chi connectivity index (χ0n) is 11.2. The molecular weight excluding hydrogens is 246 g/mol. The van der Waals surface area contributed by atoms with E-state index < -0.39 is 5.97 Å². The zero-order valence-corrected chi connectivity index (χ0v) is 11.2. The van der Waals surface area contributed by atoms with Gasteiger partial charge in [-0.3, -0.25) is 4.90 Å². The van der Waals surface area contributed by atoms with Gasteiger partial charge in [-0.15, -0.1) is 0 Å². The summed E-state index contributed by atoms with van der Waals surface area (Å²) in [5.41, 5.74) is 1.78. The third-order valence-corrected chi connectivity index (χ3v) is 2.68. The predicted molar refractivity (Wildman–Crippen MR) is 73.1 cm³/mol. The molecule has 0 saturated heterocycles. The predicted octanol–water partition coefficient (Wildman–Crippen LogP) is 1.22. The van der Waals surface area contributed by atoms with Gasteiger partial charge in [-0.2, -0.15) is 0 Å². The van der Waals surface area contributed by atoms with Gasteiger partial charge in [0.1, 0.15) is 5.75 Å². The van der Waals surface area contributed by atoms with E-state index in [4.69, 9.17) is 14.9 Å². The minimum atomic E-state index is -0.981. The highest BCUT2D eigenvalue weighted by Crippen LogP contribution is 2.20. The monoisotopic (exact) mass is 265 g/mol. The zero-order chi connectivity index (χ0) is 14.3. The van der Waals surface area contributed by atoms with Gasteiger partial charge in [-0.05, 0) is 36.4 Å². The maximum atomic E-state index is 10.6. The maximum Gasteiger partial charge on any atom is 0.328 e. The Hall–Kier alpha value is -1.85. The molecule has 19 heavy (non-hydrogen) atoms. The summed E-state index contributed by atoms with van der Waals surface area (Å²) in [6, 6.07) is 5.48. The number of hydrogen-bond acceptors (Lipinski definition) is 4. The number of carbonyl (C=O) groups is 1. The molecule has 104 valence electrons. The van der Waals surface area contributed by atoms with Crippen molar-refractivity contribution in [2.75, 3.05) is 27.3 Å². The Morgan fingerprint density at radius 1 is 1.47 bits per heavy atom. The van der Waals surface area contributed by atoms with Crippen LogP contribution in [0, 0.1) is 0 Å². The van der Waals surface area contributed by atoms with Crippen molar-refractivity contribution in [3.05, 3.63) is 35.4 Å². The fraction of sp³-hybridized carbons (Fsp3) is 0.357.